The van der Waals surface area contributed by atoms with Gasteiger partial charge in [-0.1, -0.05) is 0 Å². The number of nitrogens with one attached hydrogen (secondary N) is 2. The summed E-state index contributed by atoms with van der Waals surface area (Å²) in [4.78, 5) is 25.9. The summed E-state index contributed by atoms with van der Waals surface area (Å²) in [5.74, 6) is 0.502. The average molecular weight is 319 g/mol. The maximum atomic E-state index is 12.4. The van der Waals surface area contributed by atoms with E-state index in [1.807, 2.05) is 13.0 Å². The van der Waals surface area contributed by atoms with Crippen molar-refractivity contribution >= 4 is 23.2 Å². The second-order valence-corrected chi connectivity index (χ2v) is 5.76. The second kappa shape index (κ2) is 6.45. The smallest absolute Gasteiger partial charge is 0.265 e. The molecule has 0 saturated carbocycles. The van der Waals surface area contributed by atoms with Gasteiger partial charge in [-0.25, -0.2) is 0 Å². The molecule has 1 saturated heterocycles. The Morgan fingerprint density at radius 2 is 2.13 bits per heavy atom. The van der Waals surface area contributed by atoms with Crippen LogP contribution < -0.4 is 15.4 Å². The fourth-order valence-corrected chi connectivity index (χ4v) is 2.67. The number of anilines is 2. The van der Waals surface area contributed by atoms with E-state index in [-0.39, 0.29) is 17.9 Å². The quantitative estimate of drug-likeness (QED) is 0.871. The van der Waals surface area contributed by atoms with Crippen LogP contribution in [-0.4, -0.2) is 55.2 Å². The number of fused-ring (bicyclic) bond motifs is 1. The molecule has 2 atom stereocenters. The number of hydrogen-bond donors (Lipinski definition) is 2. The van der Waals surface area contributed by atoms with Gasteiger partial charge in [0, 0.05) is 18.8 Å². The summed E-state index contributed by atoms with van der Waals surface area (Å²) in [5, 5.41) is 5.98. The first kappa shape index (κ1) is 15.6. The molecule has 2 amide bonds. The van der Waals surface area contributed by atoms with Gasteiger partial charge in [0.05, 0.1) is 18.9 Å². The van der Waals surface area contributed by atoms with Gasteiger partial charge in [0.25, 0.3) is 5.91 Å². The van der Waals surface area contributed by atoms with Crippen LogP contribution in [0.15, 0.2) is 18.2 Å². The van der Waals surface area contributed by atoms with Gasteiger partial charge in [0.2, 0.25) is 5.91 Å². The van der Waals surface area contributed by atoms with E-state index in [0.29, 0.717) is 37.7 Å². The zero-order valence-electron chi connectivity index (χ0n) is 13.3. The van der Waals surface area contributed by atoms with Crippen molar-refractivity contribution in [2.45, 2.75) is 26.0 Å². The van der Waals surface area contributed by atoms with E-state index in [0.717, 1.165) is 5.69 Å². The SMILES string of the molecule is CC(Nc1ccc2c(c1)NC(=O)C(C)O2)C(=O)N1CCOCC1. The topological polar surface area (TPSA) is 79.9 Å². The molecule has 0 bridgehead atoms. The Hall–Kier alpha value is -2.28. The van der Waals surface area contributed by atoms with Crippen LogP contribution >= 0.6 is 0 Å². The van der Waals surface area contributed by atoms with E-state index in [1.54, 1.807) is 24.0 Å². The van der Waals surface area contributed by atoms with Crippen LogP contribution in [0.3, 0.4) is 0 Å². The molecule has 124 valence electrons. The van der Waals surface area contributed by atoms with Gasteiger partial charge in [-0.05, 0) is 32.0 Å². The van der Waals surface area contributed by atoms with Gasteiger partial charge >= 0.3 is 0 Å². The molecule has 1 aromatic carbocycles. The highest BCUT2D eigenvalue weighted by molar-refractivity contribution is 5.98. The van der Waals surface area contributed by atoms with Crippen molar-refractivity contribution in [1.29, 1.82) is 0 Å². The lowest BCUT2D eigenvalue weighted by atomic mass is 10.2. The van der Waals surface area contributed by atoms with E-state index >= 15 is 0 Å². The molecule has 0 aliphatic carbocycles. The summed E-state index contributed by atoms with van der Waals surface area (Å²) >= 11 is 0. The Bertz CT molecular complexity index is 613. The monoisotopic (exact) mass is 319 g/mol. The van der Waals surface area contributed by atoms with Crippen molar-refractivity contribution in [2.24, 2.45) is 0 Å². The number of rotatable bonds is 3. The molecule has 3 rings (SSSR count). The standard InChI is InChI=1S/C16H21N3O4/c1-10(16(21)19-5-7-22-8-6-19)17-12-3-4-14-13(9-12)18-15(20)11(2)23-14/h3-4,9-11,17H,5-8H2,1-2H3,(H,18,20). The zero-order chi connectivity index (χ0) is 16.4. The molecule has 1 aromatic rings. The van der Waals surface area contributed by atoms with Crippen LogP contribution in [0.2, 0.25) is 0 Å². The third-order valence-corrected chi connectivity index (χ3v) is 3.99. The first-order chi connectivity index (χ1) is 11.0. The van der Waals surface area contributed by atoms with Crippen molar-refractivity contribution in [2.75, 3.05) is 36.9 Å². The minimum absolute atomic E-state index is 0.0416. The number of morpholine rings is 1. The molecule has 23 heavy (non-hydrogen) atoms. The summed E-state index contributed by atoms with van der Waals surface area (Å²) in [7, 11) is 0. The van der Waals surface area contributed by atoms with E-state index in [1.165, 1.54) is 0 Å². The fraction of sp³-hybridized carbons (Fsp3) is 0.500. The Balaban J connectivity index is 1.67. The lowest BCUT2D eigenvalue weighted by Crippen LogP contribution is -2.47. The first-order valence-corrected chi connectivity index (χ1v) is 7.79. The number of carbonyl (C=O) groups excluding carboxylic acids is 2. The maximum Gasteiger partial charge on any atom is 0.265 e. The van der Waals surface area contributed by atoms with Gasteiger partial charge in [0.1, 0.15) is 11.8 Å². The predicted octanol–water partition coefficient (Wildman–Crippen LogP) is 1.07. The molecule has 2 aliphatic heterocycles. The highest BCUT2D eigenvalue weighted by atomic mass is 16.5. The average Bonchev–Trinajstić information content (AvgIpc) is 2.56. The lowest BCUT2D eigenvalue weighted by Gasteiger charge is -2.30. The van der Waals surface area contributed by atoms with Crippen LogP contribution in [0.1, 0.15) is 13.8 Å². The van der Waals surface area contributed by atoms with E-state index < -0.39 is 6.10 Å². The van der Waals surface area contributed by atoms with Crippen LogP contribution in [0, 0.1) is 0 Å². The number of ether oxygens (including phenoxy) is 2. The molecule has 7 heteroatoms. The largest absolute Gasteiger partial charge is 0.479 e. The Morgan fingerprint density at radius 1 is 1.39 bits per heavy atom. The molecule has 2 heterocycles. The molecular weight excluding hydrogens is 298 g/mol. The summed E-state index contributed by atoms with van der Waals surface area (Å²) in [6.07, 6.45) is -0.497. The molecule has 0 radical (unpaired) electrons. The van der Waals surface area contributed by atoms with Crippen molar-refractivity contribution in [3.05, 3.63) is 18.2 Å². The summed E-state index contributed by atoms with van der Waals surface area (Å²) < 4.78 is 10.8. The van der Waals surface area contributed by atoms with Crippen molar-refractivity contribution < 1.29 is 19.1 Å². The number of nitrogens with zero attached hydrogens (tertiary/aromatic N) is 1. The normalized spacial score (nSPS) is 21.7. The Labute approximate surface area is 134 Å². The van der Waals surface area contributed by atoms with E-state index in [2.05, 4.69) is 10.6 Å². The third kappa shape index (κ3) is 3.39. The number of amides is 2. The summed E-state index contributed by atoms with van der Waals surface area (Å²) in [5.41, 5.74) is 1.38. The van der Waals surface area contributed by atoms with E-state index in [4.69, 9.17) is 9.47 Å². The maximum absolute atomic E-state index is 12.4. The molecule has 0 aromatic heterocycles. The molecule has 1 fully saturated rings. The summed E-state index contributed by atoms with van der Waals surface area (Å²) in [6, 6.07) is 5.05. The van der Waals surface area contributed by atoms with Gasteiger partial charge in [-0.3, -0.25) is 9.59 Å². The molecule has 2 unspecified atom stereocenters. The summed E-state index contributed by atoms with van der Waals surface area (Å²) in [6.45, 7) is 5.94. The first-order valence-electron chi connectivity index (χ1n) is 7.79. The van der Waals surface area contributed by atoms with Gasteiger partial charge in [0.15, 0.2) is 6.10 Å². The van der Waals surface area contributed by atoms with Gasteiger partial charge in [-0.2, -0.15) is 0 Å². The lowest BCUT2D eigenvalue weighted by molar-refractivity contribution is -0.135. The number of carbonyl (C=O) groups is 2. The molecular formula is C16H21N3O4. The van der Waals surface area contributed by atoms with Crippen molar-refractivity contribution in [3.63, 3.8) is 0 Å². The highest BCUT2D eigenvalue weighted by Gasteiger charge is 2.25. The second-order valence-electron chi connectivity index (χ2n) is 5.76. The van der Waals surface area contributed by atoms with Crippen molar-refractivity contribution in [1.82, 2.24) is 4.90 Å². The minimum atomic E-state index is -0.497. The Morgan fingerprint density at radius 3 is 2.87 bits per heavy atom. The zero-order valence-corrected chi connectivity index (χ0v) is 13.3. The predicted molar refractivity (Wildman–Crippen MR) is 85.6 cm³/mol. The molecule has 7 nitrogen and oxygen atoms in total. The molecule has 2 N–H and O–H groups in total. The highest BCUT2D eigenvalue weighted by Crippen LogP contribution is 2.32. The van der Waals surface area contributed by atoms with Crippen molar-refractivity contribution in [3.8, 4) is 5.75 Å². The van der Waals surface area contributed by atoms with Crippen LogP contribution in [0.5, 0.6) is 5.75 Å². The number of benzene rings is 1. The van der Waals surface area contributed by atoms with Gasteiger partial charge < -0.3 is 25.0 Å². The molecule has 0 spiro atoms. The minimum Gasteiger partial charge on any atom is -0.479 e. The number of hydrogen-bond acceptors (Lipinski definition) is 5. The van der Waals surface area contributed by atoms with Crippen LogP contribution in [0.4, 0.5) is 11.4 Å². The van der Waals surface area contributed by atoms with E-state index in [9.17, 15) is 9.59 Å². The van der Waals surface area contributed by atoms with Crippen LogP contribution in [0.25, 0.3) is 0 Å². The van der Waals surface area contributed by atoms with Crippen LogP contribution in [-0.2, 0) is 14.3 Å². The Kier molecular flexibility index (Phi) is 4.38. The molecule has 2 aliphatic rings. The third-order valence-electron chi connectivity index (χ3n) is 3.99. The fourth-order valence-electron chi connectivity index (χ4n) is 2.67. The van der Waals surface area contributed by atoms with Gasteiger partial charge in [-0.15, -0.1) is 0 Å².